The van der Waals surface area contributed by atoms with E-state index in [4.69, 9.17) is 0 Å². The van der Waals surface area contributed by atoms with Crippen molar-refractivity contribution in [3.05, 3.63) is 30.3 Å². The molecule has 0 saturated carbocycles. The highest BCUT2D eigenvalue weighted by Crippen LogP contribution is 2.17. The van der Waals surface area contributed by atoms with Gasteiger partial charge in [0, 0.05) is 43.4 Å². The van der Waals surface area contributed by atoms with Gasteiger partial charge >= 0.3 is 0 Å². The summed E-state index contributed by atoms with van der Waals surface area (Å²) in [4.78, 5) is 25.5. The maximum absolute atomic E-state index is 12.5. The first-order valence-corrected chi connectivity index (χ1v) is 8.64. The second-order valence-electron chi connectivity index (χ2n) is 6.40. The molecule has 2 aliphatic heterocycles. The summed E-state index contributed by atoms with van der Waals surface area (Å²) in [5.74, 6) is 0.130. The highest BCUT2D eigenvalue weighted by atomic mass is 16.2. The molecule has 2 N–H and O–H groups in total. The molecule has 1 saturated heterocycles. The lowest BCUT2D eigenvalue weighted by molar-refractivity contribution is -0.132. The van der Waals surface area contributed by atoms with Crippen molar-refractivity contribution >= 4 is 23.2 Å². The van der Waals surface area contributed by atoms with Crippen molar-refractivity contribution in [2.75, 3.05) is 18.4 Å². The minimum atomic E-state index is -0.0454. The van der Waals surface area contributed by atoms with Crippen molar-refractivity contribution < 1.29 is 9.59 Å². The van der Waals surface area contributed by atoms with Gasteiger partial charge in [0.15, 0.2) is 0 Å². The van der Waals surface area contributed by atoms with E-state index in [2.05, 4.69) is 28.0 Å². The number of carbonyl (C=O) groups is 2. The molecular weight excluding hydrogens is 304 g/mol. The first kappa shape index (κ1) is 16.5. The Morgan fingerprint density at radius 3 is 2.88 bits per heavy atom. The van der Waals surface area contributed by atoms with Crippen molar-refractivity contribution in [1.29, 1.82) is 0 Å². The molecule has 0 aliphatic carbocycles. The van der Waals surface area contributed by atoms with Crippen LogP contribution in [0.15, 0.2) is 35.4 Å². The highest BCUT2D eigenvalue weighted by molar-refractivity contribution is 5.94. The summed E-state index contributed by atoms with van der Waals surface area (Å²) >= 11 is 0. The number of hydrazone groups is 1. The van der Waals surface area contributed by atoms with Crippen molar-refractivity contribution in [2.45, 2.75) is 44.6 Å². The van der Waals surface area contributed by atoms with Gasteiger partial charge in [0.1, 0.15) is 0 Å². The lowest BCUT2D eigenvalue weighted by Gasteiger charge is -2.34. The number of rotatable bonds is 5. The molecule has 128 valence electrons. The molecule has 0 bridgehead atoms. The quantitative estimate of drug-likeness (QED) is 0.869. The number of carbonyl (C=O) groups excluding carboxylic acids is 2. The molecule has 6 nitrogen and oxygen atoms in total. The molecule has 1 atom stereocenters. The summed E-state index contributed by atoms with van der Waals surface area (Å²) in [7, 11) is 0. The number of amides is 2. The molecule has 2 aliphatic rings. The van der Waals surface area contributed by atoms with Crippen LogP contribution in [0.4, 0.5) is 5.69 Å². The number of likely N-dealkylation sites (tertiary alicyclic amines) is 1. The number of piperidine rings is 1. The predicted octanol–water partition coefficient (Wildman–Crippen LogP) is 2.14. The fourth-order valence-corrected chi connectivity index (χ4v) is 3.19. The van der Waals surface area contributed by atoms with Crippen molar-refractivity contribution in [1.82, 2.24) is 10.3 Å². The summed E-state index contributed by atoms with van der Waals surface area (Å²) in [5.41, 5.74) is 4.50. The van der Waals surface area contributed by atoms with E-state index in [1.54, 1.807) is 0 Å². The van der Waals surface area contributed by atoms with Gasteiger partial charge in [0.05, 0.1) is 0 Å². The summed E-state index contributed by atoms with van der Waals surface area (Å²) < 4.78 is 0. The average Bonchev–Trinajstić information content (AvgIpc) is 2.62. The van der Waals surface area contributed by atoms with Crippen LogP contribution in [0.5, 0.6) is 0 Å². The second-order valence-corrected chi connectivity index (χ2v) is 6.40. The lowest BCUT2D eigenvalue weighted by atomic mass is 10.0. The second kappa shape index (κ2) is 7.95. The Morgan fingerprint density at radius 2 is 2.12 bits per heavy atom. The number of benzene rings is 1. The molecule has 1 fully saturated rings. The maximum atomic E-state index is 12.5. The van der Waals surface area contributed by atoms with Gasteiger partial charge in [-0.05, 0) is 37.8 Å². The number of nitrogens with zero attached hydrogens (tertiary/aromatic N) is 2. The molecular formula is C18H24N4O2. The smallest absolute Gasteiger partial charge is 0.240 e. The molecule has 0 aromatic heterocycles. The van der Waals surface area contributed by atoms with E-state index in [1.807, 2.05) is 23.1 Å². The van der Waals surface area contributed by atoms with E-state index in [-0.39, 0.29) is 11.8 Å². The molecule has 1 aromatic carbocycles. The van der Waals surface area contributed by atoms with Crippen molar-refractivity contribution in [3.8, 4) is 0 Å². The van der Waals surface area contributed by atoms with Crippen LogP contribution in [0.25, 0.3) is 0 Å². The van der Waals surface area contributed by atoms with E-state index in [1.165, 1.54) is 0 Å². The molecule has 2 amide bonds. The molecule has 24 heavy (non-hydrogen) atoms. The van der Waals surface area contributed by atoms with Gasteiger partial charge in [-0.15, -0.1) is 0 Å². The molecule has 0 spiro atoms. The Kier molecular flexibility index (Phi) is 5.46. The van der Waals surface area contributed by atoms with Gasteiger partial charge in [-0.2, -0.15) is 5.10 Å². The van der Waals surface area contributed by atoms with Crippen LogP contribution < -0.4 is 10.7 Å². The van der Waals surface area contributed by atoms with Crippen LogP contribution in [0.2, 0.25) is 0 Å². The number of nitrogens with one attached hydrogen (secondary N) is 2. The van der Waals surface area contributed by atoms with Gasteiger partial charge in [-0.3, -0.25) is 9.59 Å². The summed E-state index contributed by atoms with van der Waals surface area (Å²) in [5, 5.41) is 7.54. The standard InChI is InChI=1S/C18H24N4O2/c23-17-10-8-15(20-21-17)9-11-18(24)22-12-4-7-16(13-22)19-14-5-2-1-3-6-14/h1-3,5-6,16,19H,4,7-13H2,(H,21,23). The van der Waals surface area contributed by atoms with Gasteiger partial charge in [-0.25, -0.2) is 5.43 Å². The molecule has 1 aromatic rings. The fourth-order valence-electron chi connectivity index (χ4n) is 3.19. The number of hydrogen-bond donors (Lipinski definition) is 2. The third-order valence-electron chi connectivity index (χ3n) is 4.53. The summed E-state index contributed by atoms with van der Waals surface area (Å²) in [6.45, 7) is 1.58. The molecule has 2 heterocycles. The molecule has 3 rings (SSSR count). The topological polar surface area (TPSA) is 73.8 Å². The van der Waals surface area contributed by atoms with E-state index in [0.29, 0.717) is 31.7 Å². The minimum Gasteiger partial charge on any atom is -0.381 e. The zero-order chi connectivity index (χ0) is 16.8. The first-order valence-electron chi connectivity index (χ1n) is 8.64. The van der Waals surface area contributed by atoms with E-state index >= 15 is 0 Å². The van der Waals surface area contributed by atoms with Gasteiger partial charge in [0.2, 0.25) is 11.8 Å². The van der Waals surface area contributed by atoms with Crippen LogP contribution in [0.1, 0.15) is 38.5 Å². The predicted molar refractivity (Wildman–Crippen MR) is 93.7 cm³/mol. The summed E-state index contributed by atoms with van der Waals surface area (Å²) in [6, 6.07) is 10.4. The minimum absolute atomic E-state index is 0.0454. The summed E-state index contributed by atoms with van der Waals surface area (Å²) in [6.07, 6.45) is 4.33. The molecule has 0 radical (unpaired) electrons. The maximum Gasteiger partial charge on any atom is 0.240 e. The Labute approximate surface area is 142 Å². The monoisotopic (exact) mass is 328 g/mol. The lowest BCUT2D eigenvalue weighted by Crippen LogP contribution is -2.45. The van der Waals surface area contributed by atoms with E-state index in [0.717, 1.165) is 37.3 Å². The third kappa shape index (κ3) is 4.57. The van der Waals surface area contributed by atoms with Gasteiger partial charge in [0.25, 0.3) is 0 Å². The Bertz CT molecular complexity index is 615. The van der Waals surface area contributed by atoms with Crippen LogP contribution in [-0.4, -0.2) is 41.6 Å². The highest BCUT2D eigenvalue weighted by Gasteiger charge is 2.24. The zero-order valence-electron chi connectivity index (χ0n) is 13.8. The zero-order valence-corrected chi connectivity index (χ0v) is 13.8. The number of para-hydroxylation sites is 1. The number of anilines is 1. The first-order chi connectivity index (χ1) is 11.7. The van der Waals surface area contributed by atoms with E-state index < -0.39 is 0 Å². The van der Waals surface area contributed by atoms with Crippen molar-refractivity contribution in [3.63, 3.8) is 0 Å². The normalized spacial score (nSPS) is 21.0. The molecule has 1 unspecified atom stereocenters. The number of hydrogen-bond acceptors (Lipinski definition) is 4. The third-order valence-corrected chi connectivity index (χ3v) is 4.53. The van der Waals surface area contributed by atoms with Crippen LogP contribution in [0.3, 0.4) is 0 Å². The SMILES string of the molecule is O=C1CCC(CCC(=O)N2CCCC(Nc3ccccc3)C2)=NN1. The van der Waals surface area contributed by atoms with Crippen LogP contribution in [-0.2, 0) is 9.59 Å². The van der Waals surface area contributed by atoms with Crippen LogP contribution in [0, 0.1) is 0 Å². The molecule has 6 heteroatoms. The van der Waals surface area contributed by atoms with Gasteiger partial charge in [-0.1, -0.05) is 18.2 Å². The van der Waals surface area contributed by atoms with Crippen LogP contribution >= 0.6 is 0 Å². The van der Waals surface area contributed by atoms with E-state index in [9.17, 15) is 9.59 Å². The fraction of sp³-hybridized carbons (Fsp3) is 0.500. The van der Waals surface area contributed by atoms with Crippen molar-refractivity contribution in [2.24, 2.45) is 5.10 Å². The largest absolute Gasteiger partial charge is 0.381 e. The van der Waals surface area contributed by atoms with Gasteiger partial charge < -0.3 is 10.2 Å². The Morgan fingerprint density at radius 1 is 1.29 bits per heavy atom. The average molecular weight is 328 g/mol. The Balaban J connectivity index is 1.47. The Hall–Kier alpha value is -2.37.